The molecule has 0 unspecified atom stereocenters. The van der Waals surface area contributed by atoms with Gasteiger partial charge in [-0.25, -0.2) is 0 Å². The van der Waals surface area contributed by atoms with E-state index in [1.165, 1.54) is 6.26 Å². The van der Waals surface area contributed by atoms with E-state index in [1.54, 1.807) is 12.2 Å². The Balaban J connectivity index is 4.42. The molecule has 0 spiro atoms. The molecule has 0 heterocycles. The van der Waals surface area contributed by atoms with Gasteiger partial charge in [-0.3, -0.25) is 0 Å². The van der Waals surface area contributed by atoms with Crippen molar-refractivity contribution in [3.05, 3.63) is 49.5 Å². The first-order chi connectivity index (χ1) is 4.76. The highest BCUT2D eigenvalue weighted by molar-refractivity contribution is 5.25. The second-order valence-electron chi connectivity index (χ2n) is 1.74. The van der Waals surface area contributed by atoms with Gasteiger partial charge in [0.25, 0.3) is 0 Å². The lowest BCUT2D eigenvalue weighted by molar-refractivity contribution is 0.366. The Morgan fingerprint density at radius 2 is 1.80 bits per heavy atom. The Bertz CT molecular complexity index is 175. The number of ether oxygens (including phenoxy) is 1. The van der Waals surface area contributed by atoms with E-state index in [1.807, 2.05) is 6.92 Å². The maximum atomic E-state index is 5.00. The molecule has 0 aliphatic carbocycles. The number of rotatable bonds is 4. The third kappa shape index (κ3) is 2.35. The summed E-state index contributed by atoms with van der Waals surface area (Å²) in [6.07, 6.45) is 4.70. The van der Waals surface area contributed by atoms with Gasteiger partial charge >= 0.3 is 0 Å². The van der Waals surface area contributed by atoms with Crippen LogP contribution in [0.2, 0.25) is 0 Å². The average Bonchev–Trinajstić information content (AvgIpc) is 1.99. The van der Waals surface area contributed by atoms with Crippen LogP contribution >= 0.6 is 0 Å². The summed E-state index contributed by atoms with van der Waals surface area (Å²) in [4.78, 5) is 0. The fraction of sp³-hybridized carbons (Fsp3) is 0.111. The average molecular weight is 136 g/mol. The molecule has 0 rings (SSSR count). The van der Waals surface area contributed by atoms with E-state index in [2.05, 4.69) is 19.7 Å². The molecule has 0 saturated heterocycles. The molecule has 0 aliphatic heterocycles. The number of hydrogen-bond acceptors (Lipinski definition) is 1. The Morgan fingerprint density at radius 3 is 2.10 bits per heavy atom. The van der Waals surface area contributed by atoms with Crippen molar-refractivity contribution in [2.75, 3.05) is 0 Å². The molecule has 0 amide bonds. The van der Waals surface area contributed by atoms with E-state index in [9.17, 15) is 0 Å². The van der Waals surface area contributed by atoms with Crippen LogP contribution in [0.5, 0.6) is 0 Å². The molecule has 0 aromatic heterocycles. The number of hydrogen-bond donors (Lipinski definition) is 0. The molecule has 0 aromatic carbocycles. The molecule has 0 aromatic rings. The molecule has 0 fully saturated rings. The Kier molecular flexibility index (Phi) is 4.05. The summed E-state index contributed by atoms with van der Waals surface area (Å²) in [5.74, 6) is 0.699. The normalized spacial score (nSPS) is 11.3. The topological polar surface area (TPSA) is 9.23 Å². The van der Waals surface area contributed by atoms with Gasteiger partial charge < -0.3 is 4.74 Å². The highest BCUT2D eigenvalue weighted by Crippen LogP contribution is 2.07. The van der Waals surface area contributed by atoms with E-state index in [0.717, 1.165) is 5.57 Å². The van der Waals surface area contributed by atoms with Gasteiger partial charge in [0.05, 0.1) is 6.26 Å². The lowest BCUT2D eigenvalue weighted by Crippen LogP contribution is -1.83. The SMILES string of the molecule is C=CO/C(C=C)=C(\C)C=C. The molecule has 0 bridgehead atoms. The summed E-state index contributed by atoms with van der Waals surface area (Å²) in [6, 6.07) is 0. The quantitative estimate of drug-likeness (QED) is 0.426. The molecule has 0 atom stereocenters. The maximum Gasteiger partial charge on any atom is 0.128 e. The lowest BCUT2D eigenvalue weighted by atomic mass is 10.2. The molecular formula is C9H12O. The fourth-order valence-corrected chi connectivity index (χ4v) is 0.492. The molecule has 0 saturated carbocycles. The molecule has 0 aliphatic rings. The number of allylic oxidation sites excluding steroid dienone is 3. The highest BCUT2D eigenvalue weighted by Gasteiger charge is 1.91. The first-order valence-corrected chi connectivity index (χ1v) is 2.99. The third-order valence-corrected chi connectivity index (χ3v) is 1.09. The highest BCUT2D eigenvalue weighted by atomic mass is 16.5. The third-order valence-electron chi connectivity index (χ3n) is 1.09. The summed E-state index contributed by atoms with van der Waals surface area (Å²) in [5, 5.41) is 0. The van der Waals surface area contributed by atoms with Gasteiger partial charge in [0.2, 0.25) is 0 Å². The van der Waals surface area contributed by atoms with Crippen LogP contribution in [0.1, 0.15) is 6.92 Å². The van der Waals surface area contributed by atoms with Crippen molar-refractivity contribution in [3.8, 4) is 0 Å². The first kappa shape index (κ1) is 8.76. The molecule has 0 radical (unpaired) electrons. The molecule has 54 valence electrons. The fourth-order valence-electron chi connectivity index (χ4n) is 0.492. The zero-order valence-electron chi connectivity index (χ0n) is 6.26. The zero-order valence-corrected chi connectivity index (χ0v) is 6.26. The molecule has 10 heavy (non-hydrogen) atoms. The summed E-state index contributed by atoms with van der Waals surface area (Å²) in [7, 11) is 0. The van der Waals surface area contributed by atoms with Gasteiger partial charge in [0.1, 0.15) is 5.76 Å². The monoisotopic (exact) mass is 136 g/mol. The van der Waals surface area contributed by atoms with Gasteiger partial charge in [-0.15, -0.1) is 0 Å². The van der Waals surface area contributed by atoms with Crippen molar-refractivity contribution in [2.24, 2.45) is 0 Å². The van der Waals surface area contributed by atoms with Crippen LogP contribution < -0.4 is 0 Å². The second kappa shape index (κ2) is 4.62. The summed E-state index contributed by atoms with van der Waals surface area (Å²) >= 11 is 0. The zero-order chi connectivity index (χ0) is 7.98. The Hall–Kier alpha value is -1.24. The smallest absolute Gasteiger partial charge is 0.128 e. The van der Waals surface area contributed by atoms with E-state index in [0.29, 0.717) is 5.76 Å². The molecule has 1 nitrogen and oxygen atoms in total. The van der Waals surface area contributed by atoms with Crippen LogP contribution in [-0.2, 0) is 4.74 Å². The van der Waals surface area contributed by atoms with Gasteiger partial charge in [0.15, 0.2) is 0 Å². The van der Waals surface area contributed by atoms with Crippen LogP contribution in [-0.4, -0.2) is 0 Å². The van der Waals surface area contributed by atoms with E-state index in [-0.39, 0.29) is 0 Å². The standard InChI is InChI=1S/C9H12O/c1-5-8(4)9(6-2)10-7-3/h5-7H,1-3H2,4H3/b9-8+. The second-order valence-corrected chi connectivity index (χ2v) is 1.74. The van der Waals surface area contributed by atoms with Crippen LogP contribution in [0.25, 0.3) is 0 Å². The largest absolute Gasteiger partial charge is 0.465 e. The molecule has 1 heteroatoms. The van der Waals surface area contributed by atoms with Crippen molar-refractivity contribution < 1.29 is 4.74 Å². The van der Waals surface area contributed by atoms with Gasteiger partial charge in [-0.05, 0) is 18.6 Å². The van der Waals surface area contributed by atoms with Crippen LogP contribution in [0.15, 0.2) is 49.5 Å². The minimum absolute atomic E-state index is 0.699. The first-order valence-electron chi connectivity index (χ1n) is 2.99. The van der Waals surface area contributed by atoms with Crippen molar-refractivity contribution in [2.45, 2.75) is 6.92 Å². The van der Waals surface area contributed by atoms with Crippen molar-refractivity contribution >= 4 is 0 Å². The predicted molar refractivity (Wildman–Crippen MR) is 44.4 cm³/mol. The van der Waals surface area contributed by atoms with Crippen molar-refractivity contribution in [1.82, 2.24) is 0 Å². The van der Waals surface area contributed by atoms with Crippen molar-refractivity contribution in [3.63, 3.8) is 0 Å². The van der Waals surface area contributed by atoms with Crippen molar-refractivity contribution in [1.29, 1.82) is 0 Å². The van der Waals surface area contributed by atoms with E-state index in [4.69, 9.17) is 4.74 Å². The Labute approximate surface area is 62.0 Å². The Morgan fingerprint density at radius 1 is 1.20 bits per heavy atom. The van der Waals surface area contributed by atoms with Crippen LogP contribution in [0.3, 0.4) is 0 Å². The van der Waals surface area contributed by atoms with Gasteiger partial charge in [-0.2, -0.15) is 0 Å². The van der Waals surface area contributed by atoms with Crippen LogP contribution in [0.4, 0.5) is 0 Å². The lowest BCUT2D eigenvalue weighted by Gasteiger charge is -2.01. The summed E-state index contributed by atoms with van der Waals surface area (Å²) in [5.41, 5.74) is 0.954. The van der Waals surface area contributed by atoms with Gasteiger partial charge in [-0.1, -0.05) is 25.8 Å². The van der Waals surface area contributed by atoms with E-state index < -0.39 is 0 Å². The predicted octanol–water partition coefficient (Wildman–Crippen LogP) is 2.79. The summed E-state index contributed by atoms with van der Waals surface area (Å²) < 4.78 is 5.00. The summed E-state index contributed by atoms with van der Waals surface area (Å²) in [6.45, 7) is 12.5. The van der Waals surface area contributed by atoms with Crippen LogP contribution in [0, 0.1) is 0 Å². The molecule has 0 N–H and O–H groups in total. The molecular weight excluding hydrogens is 124 g/mol. The minimum Gasteiger partial charge on any atom is -0.465 e. The maximum absolute atomic E-state index is 5.00. The van der Waals surface area contributed by atoms with Gasteiger partial charge in [0, 0.05) is 0 Å². The van der Waals surface area contributed by atoms with E-state index >= 15 is 0 Å². The minimum atomic E-state index is 0.699.